The molecule has 0 aliphatic carbocycles. The van der Waals surface area contributed by atoms with Crippen molar-refractivity contribution in [3.63, 3.8) is 0 Å². The van der Waals surface area contributed by atoms with Gasteiger partial charge in [0.2, 0.25) is 0 Å². The number of ether oxygens (including phenoxy) is 2. The molecule has 0 saturated carbocycles. The Morgan fingerprint density at radius 3 is 2.41 bits per heavy atom. The zero-order valence-electron chi connectivity index (χ0n) is 15.1. The molecule has 8 heteroatoms. The van der Waals surface area contributed by atoms with Crippen LogP contribution in [0.15, 0.2) is 47.4 Å². The van der Waals surface area contributed by atoms with Crippen LogP contribution in [0.3, 0.4) is 0 Å². The first-order valence-corrected chi connectivity index (χ1v) is 8.95. The van der Waals surface area contributed by atoms with Crippen LogP contribution in [0.4, 0.5) is 5.69 Å². The minimum Gasteiger partial charge on any atom is -0.496 e. The third-order valence-corrected chi connectivity index (χ3v) is 4.84. The van der Waals surface area contributed by atoms with E-state index in [1.807, 2.05) is 0 Å². The highest BCUT2D eigenvalue weighted by Gasteiger charge is 2.18. The van der Waals surface area contributed by atoms with Gasteiger partial charge in [-0.3, -0.25) is 19.7 Å². The molecule has 0 radical (unpaired) electrons. The fourth-order valence-electron chi connectivity index (χ4n) is 2.28. The number of hydrogen-bond acceptors (Lipinski definition) is 7. The van der Waals surface area contributed by atoms with Gasteiger partial charge in [-0.1, -0.05) is 0 Å². The number of esters is 1. The summed E-state index contributed by atoms with van der Waals surface area (Å²) in [7, 11) is 1.50. The first kappa shape index (κ1) is 20.4. The van der Waals surface area contributed by atoms with Crippen molar-refractivity contribution in [2.45, 2.75) is 30.6 Å². The summed E-state index contributed by atoms with van der Waals surface area (Å²) in [5.74, 6) is 0.00410. The summed E-state index contributed by atoms with van der Waals surface area (Å²) in [6, 6.07) is 10.9. The van der Waals surface area contributed by atoms with Gasteiger partial charge >= 0.3 is 5.97 Å². The summed E-state index contributed by atoms with van der Waals surface area (Å²) in [5, 5.41) is 10.2. The summed E-state index contributed by atoms with van der Waals surface area (Å²) in [5.41, 5.74) is 1.10. The molecule has 1 atom stereocenters. The van der Waals surface area contributed by atoms with Gasteiger partial charge in [-0.15, -0.1) is 11.8 Å². The molecule has 2 aromatic rings. The number of ketones is 1. The fraction of sp³-hybridized carbons (Fsp3) is 0.263. The molecule has 0 aliphatic rings. The van der Waals surface area contributed by atoms with E-state index in [0.29, 0.717) is 16.9 Å². The molecule has 0 aromatic heterocycles. The van der Waals surface area contributed by atoms with Crippen LogP contribution in [-0.4, -0.2) is 29.0 Å². The highest BCUT2D eigenvalue weighted by Crippen LogP contribution is 2.27. The average molecular weight is 389 g/mol. The maximum Gasteiger partial charge on any atom is 0.319 e. The number of nitro benzene ring substituents is 1. The van der Waals surface area contributed by atoms with Gasteiger partial charge < -0.3 is 9.47 Å². The summed E-state index contributed by atoms with van der Waals surface area (Å²) in [4.78, 5) is 34.7. The SMILES string of the molecule is COc1ccc(C(C)=O)cc1COC(=O)C(C)Sc1ccc([N+](=O)[O-])cc1. The van der Waals surface area contributed by atoms with Gasteiger partial charge in [0, 0.05) is 28.2 Å². The lowest BCUT2D eigenvalue weighted by Gasteiger charge is -2.13. The standard InChI is InChI=1S/C19H19NO6S/c1-12(21)14-4-9-18(25-3)15(10-14)11-26-19(22)13(2)27-17-7-5-16(6-8-17)20(23)24/h4-10,13H,11H2,1-3H3. The molecule has 2 rings (SSSR count). The Kier molecular flexibility index (Phi) is 6.95. The van der Waals surface area contributed by atoms with Crippen molar-refractivity contribution in [3.05, 3.63) is 63.7 Å². The van der Waals surface area contributed by atoms with Gasteiger partial charge in [-0.2, -0.15) is 0 Å². The van der Waals surface area contributed by atoms with E-state index in [0.717, 1.165) is 4.90 Å². The molecule has 2 aromatic carbocycles. The number of nitrogens with zero attached hydrogens (tertiary/aromatic N) is 1. The second kappa shape index (κ2) is 9.18. The number of carbonyl (C=O) groups is 2. The summed E-state index contributed by atoms with van der Waals surface area (Å²) in [6.45, 7) is 3.13. The van der Waals surface area contributed by atoms with E-state index < -0.39 is 16.1 Å². The van der Waals surface area contributed by atoms with E-state index >= 15 is 0 Å². The zero-order valence-corrected chi connectivity index (χ0v) is 15.9. The van der Waals surface area contributed by atoms with E-state index in [-0.39, 0.29) is 18.1 Å². The Bertz CT molecular complexity index is 850. The molecular weight excluding hydrogens is 370 g/mol. The van der Waals surface area contributed by atoms with Gasteiger partial charge in [0.1, 0.15) is 17.6 Å². The van der Waals surface area contributed by atoms with Crippen LogP contribution in [0.5, 0.6) is 5.75 Å². The molecule has 0 spiro atoms. The lowest BCUT2D eigenvalue weighted by Crippen LogP contribution is -2.17. The third kappa shape index (κ3) is 5.55. The fourth-order valence-corrected chi connectivity index (χ4v) is 3.14. The smallest absolute Gasteiger partial charge is 0.319 e. The van der Waals surface area contributed by atoms with Crippen molar-refractivity contribution in [3.8, 4) is 5.75 Å². The Hall–Kier alpha value is -2.87. The van der Waals surface area contributed by atoms with E-state index in [1.165, 1.54) is 37.9 Å². The minimum absolute atomic E-state index is 0.00738. The number of nitro groups is 1. The van der Waals surface area contributed by atoms with Crippen molar-refractivity contribution in [1.82, 2.24) is 0 Å². The van der Waals surface area contributed by atoms with Crippen molar-refractivity contribution in [2.24, 2.45) is 0 Å². The molecule has 0 N–H and O–H groups in total. The highest BCUT2D eigenvalue weighted by atomic mass is 32.2. The summed E-state index contributed by atoms with van der Waals surface area (Å²) < 4.78 is 10.6. The summed E-state index contributed by atoms with van der Waals surface area (Å²) in [6.07, 6.45) is 0. The predicted octanol–water partition coefficient (Wildman–Crippen LogP) is 4.03. The molecule has 142 valence electrons. The number of non-ortho nitro benzene ring substituents is 1. The van der Waals surface area contributed by atoms with E-state index in [4.69, 9.17) is 9.47 Å². The van der Waals surface area contributed by atoms with Crippen molar-refractivity contribution < 1.29 is 24.0 Å². The largest absolute Gasteiger partial charge is 0.496 e. The lowest BCUT2D eigenvalue weighted by molar-refractivity contribution is -0.384. The lowest BCUT2D eigenvalue weighted by atomic mass is 10.1. The Morgan fingerprint density at radius 2 is 1.85 bits per heavy atom. The molecule has 0 saturated heterocycles. The number of carbonyl (C=O) groups excluding carboxylic acids is 2. The molecule has 0 amide bonds. The molecule has 0 fully saturated rings. The monoisotopic (exact) mass is 389 g/mol. The Labute approximate surface area is 160 Å². The quantitative estimate of drug-likeness (QED) is 0.221. The van der Waals surface area contributed by atoms with Crippen LogP contribution in [0.2, 0.25) is 0 Å². The normalized spacial score (nSPS) is 11.5. The highest BCUT2D eigenvalue weighted by molar-refractivity contribution is 8.00. The molecule has 27 heavy (non-hydrogen) atoms. The van der Waals surface area contributed by atoms with Crippen molar-refractivity contribution in [2.75, 3.05) is 7.11 Å². The van der Waals surface area contributed by atoms with Crippen molar-refractivity contribution in [1.29, 1.82) is 0 Å². The number of methoxy groups -OCH3 is 1. The van der Waals surface area contributed by atoms with Crippen LogP contribution in [0, 0.1) is 10.1 Å². The topological polar surface area (TPSA) is 95.7 Å². The van der Waals surface area contributed by atoms with Gasteiger partial charge in [-0.05, 0) is 44.2 Å². The first-order chi connectivity index (χ1) is 12.8. The summed E-state index contributed by atoms with van der Waals surface area (Å²) >= 11 is 1.24. The van der Waals surface area contributed by atoms with Crippen LogP contribution in [0.1, 0.15) is 29.8 Å². The number of thioether (sulfide) groups is 1. The molecule has 0 bridgehead atoms. The van der Waals surface area contributed by atoms with Gasteiger partial charge in [0.05, 0.1) is 12.0 Å². The van der Waals surface area contributed by atoms with Gasteiger partial charge in [0.15, 0.2) is 5.78 Å². The minimum atomic E-state index is -0.506. The van der Waals surface area contributed by atoms with E-state index in [1.54, 1.807) is 37.3 Å². The Morgan fingerprint density at radius 1 is 1.19 bits per heavy atom. The van der Waals surface area contributed by atoms with Crippen LogP contribution < -0.4 is 4.74 Å². The molecule has 0 aliphatic heterocycles. The van der Waals surface area contributed by atoms with Crippen LogP contribution in [0.25, 0.3) is 0 Å². The van der Waals surface area contributed by atoms with Crippen LogP contribution in [-0.2, 0) is 16.1 Å². The van der Waals surface area contributed by atoms with Crippen molar-refractivity contribution >= 4 is 29.2 Å². The second-order valence-corrected chi connectivity index (χ2v) is 7.12. The van der Waals surface area contributed by atoms with E-state index in [2.05, 4.69) is 0 Å². The average Bonchev–Trinajstić information content (AvgIpc) is 2.66. The molecule has 0 heterocycles. The van der Waals surface area contributed by atoms with E-state index in [9.17, 15) is 19.7 Å². The van der Waals surface area contributed by atoms with Crippen LogP contribution >= 0.6 is 11.8 Å². The predicted molar refractivity (Wildman–Crippen MR) is 101 cm³/mol. The molecule has 1 unspecified atom stereocenters. The number of rotatable bonds is 8. The second-order valence-electron chi connectivity index (χ2n) is 5.70. The van der Waals surface area contributed by atoms with Gasteiger partial charge in [0.25, 0.3) is 5.69 Å². The molecule has 7 nitrogen and oxygen atoms in total. The first-order valence-electron chi connectivity index (χ1n) is 8.07. The maximum atomic E-state index is 12.3. The maximum absolute atomic E-state index is 12.3. The van der Waals surface area contributed by atoms with Gasteiger partial charge in [-0.25, -0.2) is 0 Å². The zero-order chi connectivity index (χ0) is 20.0. The molecular formula is C19H19NO6S. The number of benzene rings is 2. The Balaban J connectivity index is 1.99. The number of hydrogen-bond donors (Lipinski definition) is 0. The number of Topliss-reactive ketones (excluding diaryl/α,β-unsaturated/α-hetero) is 1. The third-order valence-electron chi connectivity index (χ3n) is 3.75.